The minimum Gasteiger partial charge on any atom is -0.355 e. The number of rotatable bonds is 11. The molecule has 4 rings (SSSR count). The number of nitrogens with one attached hydrogen (secondary N) is 3. The van der Waals surface area contributed by atoms with E-state index in [1.807, 2.05) is 30.3 Å². The number of thioether (sulfide) groups is 1. The van der Waals surface area contributed by atoms with Crippen molar-refractivity contribution in [3.63, 3.8) is 0 Å². The lowest BCUT2D eigenvalue weighted by Gasteiger charge is -2.22. The predicted octanol–water partition coefficient (Wildman–Crippen LogP) is 3.92. The Balaban J connectivity index is 1.15. The Morgan fingerprint density at radius 2 is 1.77 bits per heavy atom. The normalized spacial score (nSPS) is 14.6. The van der Waals surface area contributed by atoms with Crippen LogP contribution in [0.15, 0.2) is 64.6 Å². The summed E-state index contributed by atoms with van der Waals surface area (Å²) in [5, 5.41) is 10.7. The fraction of sp³-hybridized carbons (Fsp3) is 0.400. The van der Waals surface area contributed by atoms with Gasteiger partial charge in [-0.3, -0.25) is 9.89 Å². The molecule has 3 N–H and O–H groups in total. The van der Waals surface area contributed by atoms with Crippen LogP contribution in [0.2, 0.25) is 0 Å². The van der Waals surface area contributed by atoms with Crippen LogP contribution in [0.5, 0.6) is 0 Å². The van der Waals surface area contributed by atoms with Crippen molar-refractivity contribution in [1.29, 1.82) is 0 Å². The van der Waals surface area contributed by atoms with Crippen molar-refractivity contribution in [2.24, 2.45) is 0 Å². The molecule has 0 radical (unpaired) electrons. The highest BCUT2D eigenvalue weighted by Gasteiger charge is 2.21. The van der Waals surface area contributed by atoms with Crippen LogP contribution in [-0.2, 0) is 21.2 Å². The fourth-order valence-corrected chi connectivity index (χ4v) is 6.02. The smallest absolute Gasteiger partial charge is 0.240 e. The SMILES string of the molecule is O=C(CCc1ccc(S(=O)(=O)NC2CCCCC2)cc1)NCCSc1n[nH]c(-c2ccccc2)n1. The van der Waals surface area contributed by atoms with Gasteiger partial charge in [0.1, 0.15) is 0 Å². The second-order valence-corrected chi connectivity index (χ2v) is 11.4. The molecule has 0 bridgehead atoms. The number of aromatic nitrogens is 3. The minimum atomic E-state index is -3.50. The van der Waals surface area contributed by atoms with Crippen molar-refractivity contribution in [2.75, 3.05) is 12.3 Å². The third-order valence-corrected chi connectivity index (χ3v) is 8.35. The van der Waals surface area contributed by atoms with Crippen LogP contribution >= 0.6 is 11.8 Å². The standard InChI is InChI=1S/C25H31N5O3S2/c31-23(26-17-18-34-25-27-24(28-29-25)20-7-3-1-4-8-20)16-13-19-11-14-22(15-12-19)35(32,33)30-21-9-5-2-6-10-21/h1,3-4,7-8,11-12,14-15,21,30H,2,5-6,9-10,13,16-18H2,(H,26,31)(H,27,28,29). The van der Waals surface area contributed by atoms with Crippen molar-refractivity contribution < 1.29 is 13.2 Å². The van der Waals surface area contributed by atoms with Crippen molar-refractivity contribution in [1.82, 2.24) is 25.2 Å². The Labute approximate surface area is 210 Å². The van der Waals surface area contributed by atoms with Crippen LogP contribution in [0.3, 0.4) is 0 Å². The number of H-pyrrole nitrogens is 1. The van der Waals surface area contributed by atoms with Crippen molar-refractivity contribution in [3.8, 4) is 11.4 Å². The second-order valence-electron chi connectivity index (χ2n) is 8.63. The molecule has 1 aliphatic rings. The van der Waals surface area contributed by atoms with Gasteiger partial charge in [-0.2, -0.15) is 0 Å². The number of aromatic amines is 1. The summed E-state index contributed by atoms with van der Waals surface area (Å²) in [5.74, 6) is 1.35. The Hall–Kier alpha value is -2.69. The van der Waals surface area contributed by atoms with Crippen molar-refractivity contribution in [3.05, 3.63) is 60.2 Å². The molecule has 8 nitrogen and oxygen atoms in total. The summed E-state index contributed by atoms with van der Waals surface area (Å²) in [6.07, 6.45) is 6.02. The number of sulfonamides is 1. The molecule has 1 heterocycles. The molecule has 35 heavy (non-hydrogen) atoms. The van der Waals surface area contributed by atoms with E-state index in [4.69, 9.17) is 0 Å². The molecule has 1 aromatic heterocycles. The van der Waals surface area contributed by atoms with Crippen LogP contribution in [0.4, 0.5) is 0 Å². The van der Waals surface area contributed by atoms with E-state index < -0.39 is 10.0 Å². The average molecular weight is 514 g/mol. The van der Waals surface area contributed by atoms with Gasteiger partial charge in [-0.25, -0.2) is 18.1 Å². The lowest BCUT2D eigenvalue weighted by atomic mass is 9.96. The first kappa shape index (κ1) is 25.4. The highest BCUT2D eigenvalue weighted by molar-refractivity contribution is 7.99. The number of nitrogens with zero attached hydrogens (tertiary/aromatic N) is 2. The van der Waals surface area contributed by atoms with Gasteiger partial charge in [-0.1, -0.05) is 73.5 Å². The van der Waals surface area contributed by atoms with Crippen LogP contribution in [0, 0.1) is 0 Å². The van der Waals surface area contributed by atoms with E-state index in [1.165, 1.54) is 18.2 Å². The first-order valence-corrected chi connectivity index (χ1v) is 14.4. The summed E-state index contributed by atoms with van der Waals surface area (Å²) in [7, 11) is -3.50. The molecule has 3 aromatic rings. The van der Waals surface area contributed by atoms with E-state index in [1.54, 1.807) is 24.3 Å². The Morgan fingerprint density at radius 1 is 1.03 bits per heavy atom. The van der Waals surface area contributed by atoms with Gasteiger partial charge in [-0.15, -0.1) is 5.10 Å². The van der Waals surface area contributed by atoms with E-state index in [0.717, 1.165) is 42.6 Å². The summed E-state index contributed by atoms with van der Waals surface area (Å²) < 4.78 is 28.1. The summed E-state index contributed by atoms with van der Waals surface area (Å²) in [6, 6.07) is 16.6. The lowest BCUT2D eigenvalue weighted by Crippen LogP contribution is -2.36. The molecule has 1 amide bonds. The maximum Gasteiger partial charge on any atom is 0.240 e. The predicted molar refractivity (Wildman–Crippen MR) is 138 cm³/mol. The van der Waals surface area contributed by atoms with Crippen LogP contribution in [0.1, 0.15) is 44.1 Å². The number of aryl methyl sites for hydroxylation is 1. The number of benzene rings is 2. The molecule has 10 heteroatoms. The summed E-state index contributed by atoms with van der Waals surface area (Å²) in [5.41, 5.74) is 1.91. The van der Waals surface area contributed by atoms with Gasteiger partial charge in [-0.05, 0) is 37.0 Å². The van der Waals surface area contributed by atoms with Gasteiger partial charge in [0, 0.05) is 30.3 Å². The molecule has 0 atom stereocenters. The zero-order valence-electron chi connectivity index (χ0n) is 19.6. The molecular formula is C25H31N5O3S2. The highest BCUT2D eigenvalue weighted by atomic mass is 32.2. The third-order valence-electron chi connectivity index (χ3n) is 5.97. The number of hydrogen-bond acceptors (Lipinski definition) is 6. The average Bonchev–Trinajstić information content (AvgIpc) is 3.36. The molecule has 0 saturated heterocycles. The topological polar surface area (TPSA) is 117 Å². The minimum absolute atomic E-state index is 0.0324. The highest BCUT2D eigenvalue weighted by Crippen LogP contribution is 2.21. The van der Waals surface area contributed by atoms with E-state index in [-0.39, 0.29) is 16.8 Å². The van der Waals surface area contributed by atoms with Crippen LogP contribution in [-0.4, -0.2) is 47.8 Å². The quantitative estimate of drug-likeness (QED) is 0.264. The maximum atomic E-state index is 12.6. The summed E-state index contributed by atoms with van der Waals surface area (Å²) >= 11 is 1.48. The molecule has 186 valence electrons. The number of hydrogen-bond donors (Lipinski definition) is 3. The van der Waals surface area contributed by atoms with Crippen LogP contribution in [0.25, 0.3) is 11.4 Å². The van der Waals surface area contributed by atoms with Crippen LogP contribution < -0.4 is 10.0 Å². The molecule has 1 saturated carbocycles. The Kier molecular flexibility index (Phi) is 8.95. The number of amides is 1. The van der Waals surface area contributed by atoms with Gasteiger partial charge in [0.2, 0.25) is 21.1 Å². The molecule has 0 unspecified atom stereocenters. The van der Waals surface area contributed by atoms with E-state index >= 15 is 0 Å². The second kappa shape index (κ2) is 12.3. The zero-order chi connectivity index (χ0) is 24.5. The number of carbonyl (C=O) groups excluding carboxylic acids is 1. The van der Waals surface area contributed by atoms with Crippen molar-refractivity contribution in [2.45, 2.75) is 61.0 Å². The monoisotopic (exact) mass is 513 g/mol. The van der Waals surface area contributed by atoms with E-state index in [9.17, 15) is 13.2 Å². The molecule has 1 aliphatic carbocycles. The molecule has 0 aliphatic heterocycles. The van der Waals surface area contributed by atoms with Gasteiger partial charge in [0.15, 0.2) is 5.82 Å². The largest absolute Gasteiger partial charge is 0.355 e. The van der Waals surface area contributed by atoms with Gasteiger partial charge < -0.3 is 5.32 Å². The zero-order valence-corrected chi connectivity index (χ0v) is 21.2. The first-order valence-electron chi connectivity index (χ1n) is 12.0. The lowest BCUT2D eigenvalue weighted by molar-refractivity contribution is -0.120. The molecule has 0 spiro atoms. The molecular weight excluding hydrogens is 482 g/mol. The summed E-state index contributed by atoms with van der Waals surface area (Å²) in [6.45, 7) is 0.517. The summed E-state index contributed by atoms with van der Waals surface area (Å²) in [4.78, 5) is 16.9. The maximum absolute atomic E-state index is 12.6. The molecule has 1 fully saturated rings. The Morgan fingerprint density at radius 3 is 2.51 bits per heavy atom. The first-order chi connectivity index (χ1) is 17.0. The van der Waals surface area contributed by atoms with Crippen molar-refractivity contribution >= 4 is 27.7 Å². The third kappa shape index (κ3) is 7.65. The fourth-order valence-electron chi connectivity index (χ4n) is 4.06. The van der Waals surface area contributed by atoms with Gasteiger partial charge >= 0.3 is 0 Å². The van der Waals surface area contributed by atoms with Gasteiger partial charge in [0.25, 0.3) is 0 Å². The Bertz CT molecular complexity index is 1190. The molecule has 2 aromatic carbocycles. The van der Waals surface area contributed by atoms with E-state index in [0.29, 0.717) is 30.3 Å². The number of carbonyl (C=O) groups is 1. The van der Waals surface area contributed by atoms with Gasteiger partial charge in [0.05, 0.1) is 4.90 Å². The van der Waals surface area contributed by atoms with E-state index in [2.05, 4.69) is 25.2 Å².